The lowest BCUT2D eigenvalue weighted by atomic mass is 10.2. The summed E-state index contributed by atoms with van der Waals surface area (Å²) in [5.74, 6) is -0.191. The van der Waals surface area contributed by atoms with Gasteiger partial charge >= 0.3 is 0 Å². The summed E-state index contributed by atoms with van der Waals surface area (Å²) in [5.41, 5.74) is 0.920. The van der Waals surface area contributed by atoms with E-state index in [1.165, 1.54) is 18.2 Å². The Balaban J connectivity index is 1.93. The highest BCUT2D eigenvalue weighted by Crippen LogP contribution is 2.15. The van der Waals surface area contributed by atoms with Crippen LogP contribution in [0, 0.1) is 5.82 Å². The summed E-state index contributed by atoms with van der Waals surface area (Å²) in [6, 6.07) is 12.6. The number of hydrogen-bond acceptors (Lipinski definition) is 3. The Bertz CT molecular complexity index is 674. The Kier molecular flexibility index (Phi) is 5.43. The second-order valence-corrected chi connectivity index (χ2v) is 4.78. The molecule has 0 unspecified atom stereocenters. The molecule has 114 valence electrons. The molecule has 1 amide bonds. The van der Waals surface area contributed by atoms with E-state index in [-0.39, 0.29) is 10.7 Å². The number of carbonyl (C=O) groups is 1. The fraction of sp³-hybridized carbons (Fsp3) is 0.125. The Morgan fingerprint density at radius 1 is 1.23 bits per heavy atom. The molecule has 2 rings (SSSR count). The molecular formula is C16H15FN2O2S. The molecule has 0 aromatic heterocycles. The number of carbonyl (C=O) groups excluding carboxylic acids is 1. The van der Waals surface area contributed by atoms with Crippen LogP contribution in [0.3, 0.4) is 0 Å². The molecule has 6 heteroatoms. The van der Waals surface area contributed by atoms with Crippen molar-refractivity contribution in [1.82, 2.24) is 5.32 Å². The van der Waals surface area contributed by atoms with Crippen LogP contribution < -0.4 is 15.4 Å². The van der Waals surface area contributed by atoms with Crippen LogP contribution in [0.15, 0.2) is 48.5 Å². The van der Waals surface area contributed by atoms with Gasteiger partial charge in [-0.15, -0.1) is 0 Å². The minimum absolute atomic E-state index is 0.137. The molecule has 0 atom stereocenters. The fourth-order valence-corrected chi connectivity index (χ4v) is 1.98. The van der Waals surface area contributed by atoms with E-state index in [1.54, 1.807) is 24.3 Å². The Morgan fingerprint density at radius 3 is 2.59 bits per heavy atom. The number of anilines is 1. The van der Waals surface area contributed by atoms with Gasteiger partial charge in [-0.25, -0.2) is 4.39 Å². The molecule has 0 spiro atoms. The second-order valence-electron chi connectivity index (χ2n) is 4.38. The van der Waals surface area contributed by atoms with Crippen LogP contribution in [0.4, 0.5) is 10.1 Å². The predicted octanol–water partition coefficient (Wildman–Crippen LogP) is 3.35. The van der Waals surface area contributed by atoms with E-state index >= 15 is 0 Å². The first kappa shape index (κ1) is 15.9. The van der Waals surface area contributed by atoms with Crippen LogP contribution in [-0.2, 0) is 0 Å². The molecule has 0 aliphatic heterocycles. The molecule has 0 saturated carbocycles. The Labute approximate surface area is 133 Å². The van der Waals surface area contributed by atoms with Gasteiger partial charge in [0.15, 0.2) is 5.11 Å². The molecule has 2 aromatic carbocycles. The third kappa shape index (κ3) is 4.53. The minimum Gasteiger partial charge on any atom is -0.494 e. The molecule has 0 radical (unpaired) electrons. The summed E-state index contributed by atoms with van der Waals surface area (Å²) < 4.78 is 18.4. The molecule has 0 aliphatic carbocycles. The van der Waals surface area contributed by atoms with E-state index in [9.17, 15) is 9.18 Å². The highest BCUT2D eigenvalue weighted by Gasteiger charge is 2.08. The van der Waals surface area contributed by atoms with Crippen LogP contribution >= 0.6 is 12.2 Å². The number of amides is 1. The van der Waals surface area contributed by atoms with E-state index in [2.05, 4.69) is 10.6 Å². The lowest BCUT2D eigenvalue weighted by Gasteiger charge is -2.10. The summed E-state index contributed by atoms with van der Waals surface area (Å²) in [4.78, 5) is 11.9. The maximum Gasteiger partial charge on any atom is 0.257 e. The lowest BCUT2D eigenvalue weighted by Crippen LogP contribution is -2.34. The Hall–Kier alpha value is -2.47. The molecule has 22 heavy (non-hydrogen) atoms. The minimum atomic E-state index is -0.474. The quantitative estimate of drug-likeness (QED) is 0.849. The lowest BCUT2D eigenvalue weighted by molar-refractivity contribution is 0.0977. The first-order chi connectivity index (χ1) is 10.6. The van der Waals surface area contributed by atoms with Gasteiger partial charge < -0.3 is 10.1 Å². The van der Waals surface area contributed by atoms with Gasteiger partial charge in [0.25, 0.3) is 5.91 Å². The van der Waals surface area contributed by atoms with E-state index in [1.807, 2.05) is 6.92 Å². The Morgan fingerprint density at radius 2 is 1.95 bits per heavy atom. The van der Waals surface area contributed by atoms with Crippen molar-refractivity contribution in [2.75, 3.05) is 11.9 Å². The molecule has 4 nitrogen and oxygen atoms in total. The van der Waals surface area contributed by atoms with Crippen molar-refractivity contribution in [1.29, 1.82) is 0 Å². The van der Waals surface area contributed by atoms with Gasteiger partial charge in [-0.2, -0.15) is 0 Å². The topological polar surface area (TPSA) is 50.4 Å². The average molecular weight is 318 g/mol. The van der Waals surface area contributed by atoms with Crippen LogP contribution in [0.25, 0.3) is 0 Å². The van der Waals surface area contributed by atoms with Gasteiger partial charge in [-0.05, 0) is 61.6 Å². The molecule has 0 saturated heterocycles. The number of thiocarbonyl (C=S) groups is 1. The van der Waals surface area contributed by atoms with Gasteiger partial charge in [-0.3, -0.25) is 10.1 Å². The number of rotatable bonds is 4. The van der Waals surface area contributed by atoms with Crippen LogP contribution in [0.1, 0.15) is 17.3 Å². The summed E-state index contributed by atoms with van der Waals surface area (Å²) in [6.45, 7) is 2.50. The van der Waals surface area contributed by atoms with Gasteiger partial charge in [0.05, 0.1) is 6.61 Å². The zero-order chi connectivity index (χ0) is 15.9. The maximum atomic E-state index is 13.1. The van der Waals surface area contributed by atoms with Gasteiger partial charge in [0, 0.05) is 11.3 Å². The van der Waals surface area contributed by atoms with Crippen molar-refractivity contribution in [2.45, 2.75) is 6.92 Å². The normalized spacial score (nSPS) is 9.91. The van der Waals surface area contributed by atoms with E-state index < -0.39 is 11.7 Å². The first-order valence-electron chi connectivity index (χ1n) is 6.69. The third-order valence-corrected chi connectivity index (χ3v) is 2.94. The molecule has 0 aliphatic rings. The average Bonchev–Trinajstić information content (AvgIpc) is 2.49. The standard InChI is InChI=1S/C16H15FN2O2S/c1-2-21-14-8-6-13(7-9-14)18-16(22)19-15(20)11-4-3-5-12(17)10-11/h3-10H,2H2,1H3,(H2,18,19,20,22). The number of halogens is 1. The summed E-state index contributed by atoms with van der Waals surface area (Å²) in [7, 11) is 0. The largest absolute Gasteiger partial charge is 0.494 e. The SMILES string of the molecule is CCOc1ccc(NC(=S)NC(=O)c2cccc(F)c2)cc1. The highest BCUT2D eigenvalue weighted by molar-refractivity contribution is 7.80. The molecule has 2 N–H and O–H groups in total. The van der Waals surface area contributed by atoms with Crippen LogP contribution in [0.5, 0.6) is 5.75 Å². The van der Waals surface area contributed by atoms with Crippen molar-refractivity contribution in [3.05, 3.63) is 59.9 Å². The maximum absolute atomic E-state index is 13.1. The summed E-state index contributed by atoms with van der Waals surface area (Å²) in [5, 5.41) is 5.51. The van der Waals surface area contributed by atoms with Crippen LogP contribution in [-0.4, -0.2) is 17.6 Å². The van der Waals surface area contributed by atoms with Crippen molar-refractivity contribution in [3.8, 4) is 5.75 Å². The number of hydrogen-bond donors (Lipinski definition) is 2. The van der Waals surface area contributed by atoms with Crippen LogP contribution in [0.2, 0.25) is 0 Å². The highest BCUT2D eigenvalue weighted by atomic mass is 32.1. The smallest absolute Gasteiger partial charge is 0.257 e. The van der Waals surface area contributed by atoms with Crippen molar-refractivity contribution in [3.63, 3.8) is 0 Å². The predicted molar refractivity (Wildman–Crippen MR) is 87.7 cm³/mol. The molecule has 2 aromatic rings. The van der Waals surface area contributed by atoms with E-state index in [4.69, 9.17) is 17.0 Å². The second kappa shape index (κ2) is 7.51. The molecule has 0 bridgehead atoms. The van der Waals surface area contributed by atoms with Gasteiger partial charge in [0.2, 0.25) is 0 Å². The molecule has 0 fully saturated rings. The van der Waals surface area contributed by atoms with Crippen molar-refractivity contribution >= 4 is 28.9 Å². The number of nitrogens with one attached hydrogen (secondary N) is 2. The van der Waals surface area contributed by atoms with Gasteiger partial charge in [-0.1, -0.05) is 6.07 Å². The third-order valence-electron chi connectivity index (χ3n) is 2.74. The zero-order valence-electron chi connectivity index (χ0n) is 11.9. The van der Waals surface area contributed by atoms with Gasteiger partial charge in [0.1, 0.15) is 11.6 Å². The fourth-order valence-electron chi connectivity index (χ4n) is 1.77. The summed E-state index contributed by atoms with van der Waals surface area (Å²) >= 11 is 5.06. The first-order valence-corrected chi connectivity index (χ1v) is 7.10. The van der Waals surface area contributed by atoms with Crippen molar-refractivity contribution < 1.29 is 13.9 Å². The summed E-state index contributed by atoms with van der Waals surface area (Å²) in [6.07, 6.45) is 0. The zero-order valence-corrected chi connectivity index (χ0v) is 12.7. The monoisotopic (exact) mass is 318 g/mol. The van der Waals surface area contributed by atoms with E-state index in [0.717, 1.165) is 11.8 Å². The van der Waals surface area contributed by atoms with E-state index in [0.29, 0.717) is 12.3 Å². The molecule has 0 heterocycles. The number of benzene rings is 2. The number of ether oxygens (including phenoxy) is 1. The van der Waals surface area contributed by atoms with Crippen molar-refractivity contribution in [2.24, 2.45) is 0 Å². The molecular weight excluding hydrogens is 303 g/mol.